The second-order valence-corrected chi connectivity index (χ2v) is 5.51. The number of nitrogens with zero attached hydrogens (tertiary/aromatic N) is 3. The number of allylic oxidation sites excluding steroid dienone is 6. The summed E-state index contributed by atoms with van der Waals surface area (Å²) in [7, 11) is 3.05. The molecule has 8 nitrogen and oxygen atoms in total. The molecule has 0 radical (unpaired) electrons. The van der Waals surface area contributed by atoms with Crippen LogP contribution in [0.1, 0.15) is 6.42 Å². The lowest BCUT2D eigenvalue weighted by molar-refractivity contribution is 0.355. The van der Waals surface area contributed by atoms with Gasteiger partial charge in [-0.1, -0.05) is 24.3 Å². The third-order valence-electron chi connectivity index (χ3n) is 3.91. The summed E-state index contributed by atoms with van der Waals surface area (Å²) in [5.41, 5.74) is 5.20. The molecule has 1 heterocycles. The standard InChI is InChI=1S/C11H13N5O3.C7H6/c1-18-8-4-3-7(5-9(8)19-2)16-6-13-10(15-12)14-11(16)17;1-2-7-4-3-6(1)5-7/h3-6H,12H2,1-2H3,(H,14,15,17);1-4H,5H2. The van der Waals surface area contributed by atoms with Crippen molar-refractivity contribution in [2.24, 2.45) is 5.84 Å². The number of aromatic nitrogens is 3. The van der Waals surface area contributed by atoms with Gasteiger partial charge in [0, 0.05) is 6.07 Å². The number of nitrogens with one attached hydrogen (secondary N) is 1. The van der Waals surface area contributed by atoms with Crippen LogP contribution in [0.3, 0.4) is 0 Å². The van der Waals surface area contributed by atoms with Crippen LogP contribution in [0.15, 0.2) is 64.8 Å². The fourth-order valence-corrected chi connectivity index (χ4v) is 2.57. The molecule has 2 aliphatic carbocycles. The zero-order valence-electron chi connectivity index (χ0n) is 14.5. The number of rotatable bonds is 4. The number of ether oxygens (including phenoxy) is 2. The summed E-state index contributed by atoms with van der Waals surface area (Å²) in [6.45, 7) is 0. The van der Waals surface area contributed by atoms with Gasteiger partial charge < -0.3 is 9.47 Å². The maximum absolute atomic E-state index is 11.8. The molecule has 3 N–H and O–H groups in total. The van der Waals surface area contributed by atoms with Gasteiger partial charge in [-0.05, 0) is 29.7 Å². The van der Waals surface area contributed by atoms with Crippen LogP contribution in [-0.4, -0.2) is 28.8 Å². The van der Waals surface area contributed by atoms with Crippen LogP contribution in [0.4, 0.5) is 5.95 Å². The molecule has 134 valence electrons. The lowest BCUT2D eigenvalue weighted by Gasteiger charge is -2.10. The van der Waals surface area contributed by atoms with Crippen LogP contribution >= 0.6 is 0 Å². The molecule has 1 aromatic carbocycles. The van der Waals surface area contributed by atoms with Gasteiger partial charge in [0.1, 0.15) is 6.33 Å². The fraction of sp³-hybridized carbons (Fsp3) is 0.167. The molecule has 0 saturated carbocycles. The second-order valence-electron chi connectivity index (χ2n) is 5.51. The normalized spacial score (nSPS) is 13.5. The SMILES string of the molecule is C1=CC2=CC=C1C2.COc1ccc(-n2cnc(NN)nc2=O)cc1OC. The number of methoxy groups -OCH3 is 2. The number of benzene rings is 1. The van der Waals surface area contributed by atoms with Gasteiger partial charge in [-0.3, -0.25) is 9.99 Å². The lowest BCUT2D eigenvalue weighted by Crippen LogP contribution is -2.25. The molecule has 0 amide bonds. The smallest absolute Gasteiger partial charge is 0.356 e. The highest BCUT2D eigenvalue weighted by Crippen LogP contribution is 2.28. The highest BCUT2D eigenvalue weighted by atomic mass is 16.5. The van der Waals surface area contributed by atoms with Gasteiger partial charge in [-0.15, -0.1) is 0 Å². The number of hydrazine groups is 1. The summed E-state index contributed by atoms with van der Waals surface area (Å²) in [6, 6.07) is 5.04. The van der Waals surface area contributed by atoms with Crippen molar-refractivity contribution in [3.63, 3.8) is 0 Å². The Labute approximate surface area is 150 Å². The Hall–Kier alpha value is -3.39. The van der Waals surface area contributed by atoms with Gasteiger partial charge in [0.05, 0.1) is 19.9 Å². The fourth-order valence-electron chi connectivity index (χ4n) is 2.57. The van der Waals surface area contributed by atoms with E-state index in [1.54, 1.807) is 18.2 Å². The van der Waals surface area contributed by atoms with E-state index in [0.717, 1.165) is 0 Å². The van der Waals surface area contributed by atoms with E-state index in [0.29, 0.717) is 17.2 Å². The summed E-state index contributed by atoms with van der Waals surface area (Å²) in [5, 5.41) is 0. The Bertz CT molecular complexity index is 940. The Morgan fingerprint density at radius 3 is 2.27 bits per heavy atom. The van der Waals surface area contributed by atoms with Gasteiger partial charge >= 0.3 is 5.69 Å². The van der Waals surface area contributed by atoms with Crippen molar-refractivity contribution in [2.75, 3.05) is 19.6 Å². The van der Waals surface area contributed by atoms with E-state index < -0.39 is 5.69 Å². The molecule has 0 fully saturated rings. The topological polar surface area (TPSA) is 104 Å². The zero-order chi connectivity index (χ0) is 18.5. The highest BCUT2D eigenvalue weighted by molar-refractivity contribution is 5.50. The van der Waals surface area contributed by atoms with E-state index >= 15 is 0 Å². The molecule has 8 heteroatoms. The first kappa shape index (κ1) is 17.4. The quantitative estimate of drug-likeness (QED) is 0.637. The molecular formula is C18H19N5O3. The number of anilines is 1. The second kappa shape index (κ2) is 7.66. The van der Waals surface area contributed by atoms with Crippen LogP contribution < -0.4 is 26.4 Å². The average Bonchev–Trinajstić information content (AvgIpc) is 3.34. The summed E-state index contributed by atoms with van der Waals surface area (Å²) in [6.07, 6.45) is 11.2. The molecule has 26 heavy (non-hydrogen) atoms. The first-order valence-electron chi connectivity index (χ1n) is 7.87. The van der Waals surface area contributed by atoms with Crippen molar-refractivity contribution in [3.8, 4) is 17.2 Å². The van der Waals surface area contributed by atoms with Gasteiger partial charge in [0.15, 0.2) is 11.5 Å². The number of hydrogen-bond acceptors (Lipinski definition) is 7. The molecular weight excluding hydrogens is 334 g/mol. The summed E-state index contributed by atoms with van der Waals surface area (Å²) in [5.74, 6) is 6.27. The van der Waals surface area contributed by atoms with Gasteiger partial charge in [-0.25, -0.2) is 15.6 Å². The van der Waals surface area contributed by atoms with Crippen LogP contribution in [0.2, 0.25) is 0 Å². The maximum Gasteiger partial charge on any atom is 0.356 e. The Morgan fingerprint density at radius 2 is 1.81 bits per heavy atom. The van der Waals surface area contributed by atoms with Crippen LogP contribution in [0.25, 0.3) is 5.69 Å². The maximum atomic E-state index is 11.8. The number of nitrogens with two attached hydrogens (primary N) is 1. The Balaban J connectivity index is 0.000000229. The van der Waals surface area contributed by atoms with Crippen LogP contribution in [0.5, 0.6) is 11.5 Å². The zero-order valence-corrected chi connectivity index (χ0v) is 14.5. The van der Waals surface area contributed by atoms with Crippen molar-refractivity contribution in [2.45, 2.75) is 6.42 Å². The molecule has 2 aliphatic rings. The van der Waals surface area contributed by atoms with Crippen LogP contribution in [0, 0.1) is 0 Å². The summed E-state index contributed by atoms with van der Waals surface area (Å²) < 4.78 is 11.6. The minimum atomic E-state index is -0.504. The van der Waals surface area contributed by atoms with Gasteiger partial charge in [0.25, 0.3) is 0 Å². The molecule has 0 aliphatic heterocycles. The molecule has 1 aromatic heterocycles. The molecule has 0 unspecified atom stereocenters. The number of hydrogen-bond donors (Lipinski definition) is 2. The third kappa shape index (κ3) is 3.65. The molecule has 0 spiro atoms. The lowest BCUT2D eigenvalue weighted by atomic mass is 10.2. The molecule has 0 saturated heterocycles. The van der Waals surface area contributed by atoms with Gasteiger partial charge in [0.2, 0.25) is 5.95 Å². The van der Waals surface area contributed by atoms with E-state index in [4.69, 9.17) is 15.3 Å². The highest BCUT2D eigenvalue weighted by Gasteiger charge is 2.09. The minimum Gasteiger partial charge on any atom is -0.493 e. The molecule has 4 rings (SSSR count). The van der Waals surface area contributed by atoms with E-state index in [-0.39, 0.29) is 5.95 Å². The first-order chi connectivity index (χ1) is 12.6. The van der Waals surface area contributed by atoms with Crippen molar-refractivity contribution in [1.82, 2.24) is 14.5 Å². The summed E-state index contributed by atoms with van der Waals surface area (Å²) >= 11 is 0. The monoisotopic (exact) mass is 353 g/mol. The predicted molar refractivity (Wildman–Crippen MR) is 98.5 cm³/mol. The third-order valence-corrected chi connectivity index (χ3v) is 3.91. The van der Waals surface area contributed by atoms with Crippen molar-refractivity contribution < 1.29 is 9.47 Å². The molecule has 2 aromatic rings. The van der Waals surface area contributed by atoms with E-state index in [2.05, 4.69) is 39.7 Å². The van der Waals surface area contributed by atoms with E-state index in [1.165, 1.54) is 42.7 Å². The Morgan fingerprint density at radius 1 is 1.12 bits per heavy atom. The predicted octanol–water partition coefficient (Wildman–Crippen LogP) is 1.74. The molecule has 0 atom stereocenters. The average molecular weight is 353 g/mol. The van der Waals surface area contributed by atoms with Gasteiger partial charge in [-0.2, -0.15) is 4.98 Å². The summed E-state index contributed by atoms with van der Waals surface area (Å²) in [4.78, 5) is 19.3. The van der Waals surface area contributed by atoms with E-state index in [1.807, 2.05) is 0 Å². The number of fused-ring (bicyclic) bond motifs is 2. The first-order valence-corrected chi connectivity index (χ1v) is 7.87. The van der Waals surface area contributed by atoms with Crippen molar-refractivity contribution in [3.05, 3.63) is 70.5 Å². The van der Waals surface area contributed by atoms with Crippen molar-refractivity contribution in [1.29, 1.82) is 0 Å². The van der Waals surface area contributed by atoms with E-state index in [9.17, 15) is 4.79 Å². The van der Waals surface area contributed by atoms with Crippen LogP contribution in [-0.2, 0) is 0 Å². The minimum absolute atomic E-state index is 0.0572. The largest absolute Gasteiger partial charge is 0.493 e. The number of nitrogen functional groups attached to an aromatic ring is 1. The Kier molecular flexibility index (Phi) is 5.14. The van der Waals surface area contributed by atoms with Crippen molar-refractivity contribution >= 4 is 5.95 Å². The molecule has 2 bridgehead atoms.